The number of carbonyl (C=O) groups excluding carboxylic acids is 2. The minimum Gasteiger partial charge on any atom is -0.492 e. The molecule has 2 aromatic carbocycles. The second-order valence-electron chi connectivity index (χ2n) is 6.41. The Balaban J connectivity index is 1.50. The normalized spacial score (nSPS) is 15.6. The lowest BCUT2D eigenvalue weighted by atomic mass is 10.2. The number of nitrogens with zero attached hydrogens (tertiary/aromatic N) is 1. The second kappa shape index (κ2) is 8.71. The molecule has 8 heteroatoms. The Morgan fingerprint density at radius 1 is 1.25 bits per heavy atom. The van der Waals surface area contributed by atoms with Gasteiger partial charge in [-0.1, -0.05) is 23.2 Å². The van der Waals surface area contributed by atoms with Gasteiger partial charge in [0.05, 0.1) is 17.3 Å². The fourth-order valence-electron chi connectivity index (χ4n) is 2.83. The lowest BCUT2D eigenvalue weighted by Gasteiger charge is -2.30. The number of likely N-dealkylation sites (N-methyl/N-ethyl adjacent to an activating group) is 1. The number of fused-ring (bicyclic) bond motifs is 1. The van der Waals surface area contributed by atoms with Gasteiger partial charge in [-0.15, -0.1) is 0 Å². The van der Waals surface area contributed by atoms with Crippen LogP contribution in [0.5, 0.6) is 11.5 Å². The standard InChI is InChI=1S/C20H20Cl2N2O4/c1-12-20(26)24(2)16-7-6-14(11-18(16)28-12)23-19(25)4-3-9-27-17-8-5-13(21)10-15(17)22/h5-8,10-12H,3-4,9H2,1-2H3,(H,23,25). The van der Waals surface area contributed by atoms with Gasteiger partial charge in [-0.3, -0.25) is 9.59 Å². The minimum absolute atomic E-state index is 0.106. The van der Waals surface area contributed by atoms with E-state index in [9.17, 15) is 9.59 Å². The summed E-state index contributed by atoms with van der Waals surface area (Å²) in [5.74, 6) is 0.850. The fourth-order valence-corrected chi connectivity index (χ4v) is 3.29. The molecule has 6 nitrogen and oxygen atoms in total. The van der Waals surface area contributed by atoms with E-state index in [1.54, 1.807) is 55.3 Å². The second-order valence-corrected chi connectivity index (χ2v) is 7.26. The Morgan fingerprint density at radius 3 is 2.79 bits per heavy atom. The van der Waals surface area contributed by atoms with Crippen LogP contribution in [0.4, 0.5) is 11.4 Å². The third-order valence-electron chi connectivity index (χ3n) is 4.29. The fraction of sp³-hybridized carbons (Fsp3) is 0.300. The zero-order valence-corrected chi connectivity index (χ0v) is 17.0. The molecule has 1 atom stereocenters. The molecule has 3 rings (SSSR count). The molecule has 148 valence electrons. The number of rotatable bonds is 6. The zero-order valence-electron chi connectivity index (χ0n) is 15.5. The van der Waals surface area contributed by atoms with Gasteiger partial charge >= 0.3 is 0 Å². The van der Waals surface area contributed by atoms with Gasteiger partial charge in [0.15, 0.2) is 6.10 Å². The molecule has 1 heterocycles. The van der Waals surface area contributed by atoms with E-state index in [-0.39, 0.29) is 18.2 Å². The zero-order chi connectivity index (χ0) is 20.3. The highest BCUT2D eigenvalue weighted by Crippen LogP contribution is 2.35. The number of halogens is 2. The van der Waals surface area contributed by atoms with Crippen molar-refractivity contribution in [3.63, 3.8) is 0 Å². The van der Waals surface area contributed by atoms with Crippen molar-refractivity contribution in [2.45, 2.75) is 25.9 Å². The number of nitrogens with one attached hydrogen (secondary N) is 1. The summed E-state index contributed by atoms with van der Waals surface area (Å²) in [6, 6.07) is 10.2. The van der Waals surface area contributed by atoms with E-state index < -0.39 is 6.10 Å². The molecule has 1 unspecified atom stereocenters. The first kappa shape index (κ1) is 20.3. The lowest BCUT2D eigenvalue weighted by molar-refractivity contribution is -0.125. The highest BCUT2D eigenvalue weighted by Gasteiger charge is 2.28. The average molecular weight is 423 g/mol. The van der Waals surface area contributed by atoms with Crippen molar-refractivity contribution in [3.05, 3.63) is 46.4 Å². The van der Waals surface area contributed by atoms with Gasteiger partial charge in [-0.05, 0) is 43.7 Å². The SMILES string of the molecule is CC1Oc2cc(NC(=O)CCCOc3ccc(Cl)cc3Cl)ccc2N(C)C1=O. The number of hydrogen-bond donors (Lipinski definition) is 1. The molecule has 1 N–H and O–H groups in total. The highest BCUT2D eigenvalue weighted by molar-refractivity contribution is 6.35. The van der Waals surface area contributed by atoms with E-state index in [4.69, 9.17) is 32.7 Å². The van der Waals surface area contributed by atoms with Gasteiger partial charge in [0, 0.05) is 30.2 Å². The van der Waals surface area contributed by atoms with Crippen LogP contribution in [-0.2, 0) is 9.59 Å². The van der Waals surface area contributed by atoms with Crippen molar-refractivity contribution in [1.29, 1.82) is 0 Å². The van der Waals surface area contributed by atoms with E-state index in [1.165, 1.54) is 0 Å². The maximum absolute atomic E-state index is 12.2. The van der Waals surface area contributed by atoms with E-state index >= 15 is 0 Å². The third kappa shape index (κ3) is 4.69. The number of carbonyl (C=O) groups is 2. The van der Waals surface area contributed by atoms with Crippen molar-refractivity contribution in [2.75, 3.05) is 23.9 Å². The number of anilines is 2. The molecular formula is C20H20Cl2N2O4. The predicted molar refractivity (Wildman–Crippen MR) is 110 cm³/mol. The molecule has 28 heavy (non-hydrogen) atoms. The smallest absolute Gasteiger partial charge is 0.267 e. The van der Waals surface area contributed by atoms with Gasteiger partial charge < -0.3 is 19.7 Å². The number of ether oxygens (including phenoxy) is 2. The summed E-state index contributed by atoms with van der Waals surface area (Å²) >= 11 is 11.9. The molecule has 0 radical (unpaired) electrons. The monoisotopic (exact) mass is 422 g/mol. The summed E-state index contributed by atoms with van der Waals surface area (Å²) < 4.78 is 11.2. The topological polar surface area (TPSA) is 67.9 Å². The van der Waals surface area contributed by atoms with Crippen LogP contribution in [0.1, 0.15) is 19.8 Å². The Labute approximate surface area is 173 Å². The van der Waals surface area contributed by atoms with Gasteiger partial charge in [-0.2, -0.15) is 0 Å². The first-order valence-electron chi connectivity index (χ1n) is 8.81. The molecule has 0 aliphatic carbocycles. The summed E-state index contributed by atoms with van der Waals surface area (Å²) in [5, 5.41) is 3.80. The van der Waals surface area contributed by atoms with Crippen LogP contribution in [0.2, 0.25) is 10.0 Å². The van der Waals surface area contributed by atoms with Gasteiger partial charge in [0.1, 0.15) is 11.5 Å². The first-order chi connectivity index (χ1) is 13.3. The van der Waals surface area contributed by atoms with Crippen LogP contribution in [-0.4, -0.2) is 31.6 Å². The molecular weight excluding hydrogens is 403 g/mol. The van der Waals surface area contributed by atoms with Crippen molar-refractivity contribution in [3.8, 4) is 11.5 Å². The average Bonchev–Trinajstić information content (AvgIpc) is 2.64. The quantitative estimate of drug-likeness (QED) is 0.693. The lowest BCUT2D eigenvalue weighted by Crippen LogP contribution is -2.41. The van der Waals surface area contributed by atoms with E-state index in [2.05, 4.69) is 5.32 Å². The summed E-state index contributed by atoms with van der Waals surface area (Å²) in [5.41, 5.74) is 1.29. The predicted octanol–water partition coefficient (Wildman–Crippen LogP) is 4.53. The van der Waals surface area contributed by atoms with Crippen molar-refractivity contribution in [1.82, 2.24) is 0 Å². The highest BCUT2D eigenvalue weighted by atomic mass is 35.5. The van der Waals surface area contributed by atoms with E-state index in [0.717, 1.165) is 0 Å². The molecule has 2 amide bonds. The molecule has 0 bridgehead atoms. The third-order valence-corrected chi connectivity index (χ3v) is 4.82. The molecule has 0 aromatic heterocycles. The molecule has 1 aliphatic heterocycles. The molecule has 2 aromatic rings. The number of benzene rings is 2. The van der Waals surface area contributed by atoms with Gasteiger partial charge in [-0.25, -0.2) is 0 Å². The van der Waals surface area contributed by atoms with Crippen LogP contribution < -0.4 is 19.7 Å². The van der Waals surface area contributed by atoms with E-state index in [1.807, 2.05) is 0 Å². The first-order valence-corrected chi connectivity index (χ1v) is 9.56. The number of amides is 2. The van der Waals surface area contributed by atoms with Crippen LogP contribution >= 0.6 is 23.2 Å². The molecule has 1 aliphatic rings. The maximum Gasteiger partial charge on any atom is 0.267 e. The Morgan fingerprint density at radius 2 is 2.04 bits per heavy atom. The van der Waals surface area contributed by atoms with E-state index in [0.29, 0.717) is 45.9 Å². The van der Waals surface area contributed by atoms with Crippen molar-refractivity contribution in [2.24, 2.45) is 0 Å². The molecule has 0 fully saturated rings. The minimum atomic E-state index is -0.555. The van der Waals surface area contributed by atoms with Crippen LogP contribution in [0.25, 0.3) is 0 Å². The maximum atomic E-state index is 12.2. The summed E-state index contributed by atoms with van der Waals surface area (Å²) in [6.45, 7) is 2.05. The molecule has 0 saturated carbocycles. The largest absolute Gasteiger partial charge is 0.492 e. The molecule has 0 spiro atoms. The van der Waals surface area contributed by atoms with Gasteiger partial charge in [0.25, 0.3) is 5.91 Å². The van der Waals surface area contributed by atoms with Crippen LogP contribution in [0.3, 0.4) is 0 Å². The Kier molecular flexibility index (Phi) is 6.31. The Hall–Kier alpha value is -2.44. The van der Waals surface area contributed by atoms with Gasteiger partial charge in [0.2, 0.25) is 5.91 Å². The summed E-state index contributed by atoms with van der Waals surface area (Å²) in [4.78, 5) is 25.7. The Bertz CT molecular complexity index is 904. The number of hydrogen-bond acceptors (Lipinski definition) is 4. The summed E-state index contributed by atoms with van der Waals surface area (Å²) in [6.07, 6.45) is 0.263. The van der Waals surface area contributed by atoms with Crippen molar-refractivity contribution < 1.29 is 19.1 Å². The molecule has 0 saturated heterocycles. The summed E-state index contributed by atoms with van der Waals surface area (Å²) in [7, 11) is 1.70. The van der Waals surface area contributed by atoms with Crippen LogP contribution in [0, 0.1) is 0 Å². The van der Waals surface area contributed by atoms with Crippen LogP contribution in [0.15, 0.2) is 36.4 Å². The van der Waals surface area contributed by atoms with Crippen molar-refractivity contribution >= 4 is 46.4 Å².